The summed E-state index contributed by atoms with van der Waals surface area (Å²) in [5.41, 5.74) is 3.20. The molecule has 0 aliphatic rings. The number of hydrogen-bond donors (Lipinski definition) is 1. The molecule has 1 aromatic heterocycles. The molecule has 1 heterocycles. The second-order valence-corrected chi connectivity index (χ2v) is 8.53. The molecule has 0 radical (unpaired) electrons. The van der Waals surface area contributed by atoms with E-state index in [9.17, 15) is 0 Å². The third-order valence-corrected chi connectivity index (χ3v) is 2.16. The molecule has 0 aliphatic heterocycles. The van der Waals surface area contributed by atoms with Gasteiger partial charge in [0, 0.05) is 7.05 Å². The predicted molar refractivity (Wildman–Crippen MR) is 56.3 cm³/mol. The summed E-state index contributed by atoms with van der Waals surface area (Å²) < 4.78 is 5.25. The van der Waals surface area contributed by atoms with Gasteiger partial charge in [-0.2, -0.15) is 0 Å². The van der Waals surface area contributed by atoms with E-state index in [0.717, 1.165) is 0 Å². The average molecular weight is 194 g/mol. The smallest absolute Gasteiger partial charge is 0.295 e. The van der Waals surface area contributed by atoms with Crippen molar-refractivity contribution < 1.29 is 4.42 Å². The summed E-state index contributed by atoms with van der Waals surface area (Å²) >= 11 is 0. The van der Waals surface area contributed by atoms with Gasteiger partial charge in [0.25, 0.3) is 6.01 Å². The van der Waals surface area contributed by atoms with E-state index in [4.69, 9.17) is 4.42 Å². The lowest BCUT2D eigenvalue weighted by atomic mass is 10.5. The fraction of sp³-hybridized carbons (Fsp3) is 0.444. The molecule has 4 heteroatoms. The normalized spacial score (nSPS) is 10.5. The number of oxazole rings is 1. The minimum atomic E-state index is -1.31. The van der Waals surface area contributed by atoms with Crippen LogP contribution in [0.4, 0.5) is 6.01 Å². The molecule has 0 aliphatic carbocycles. The van der Waals surface area contributed by atoms with Crippen LogP contribution in [-0.4, -0.2) is 20.1 Å². The quantitative estimate of drug-likeness (QED) is 0.548. The van der Waals surface area contributed by atoms with Crippen molar-refractivity contribution in [2.75, 3.05) is 12.4 Å². The standard InChI is InChI=1S/C9H14N2OSi/c1-10-9-11-7-8(12-9)5-6-13(2,3)4/h7H,1-4H3,(H,10,11). The van der Waals surface area contributed by atoms with Gasteiger partial charge in [-0.15, -0.1) is 5.54 Å². The highest BCUT2D eigenvalue weighted by molar-refractivity contribution is 6.83. The SMILES string of the molecule is CNc1ncc(C#C[Si](C)(C)C)o1. The molecule has 0 bridgehead atoms. The van der Waals surface area contributed by atoms with Crippen molar-refractivity contribution in [3.8, 4) is 11.5 Å². The highest BCUT2D eigenvalue weighted by Crippen LogP contribution is 2.06. The first kappa shape index (κ1) is 9.87. The Hall–Kier alpha value is -1.21. The number of nitrogens with zero attached hydrogens (tertiary/aromatic N) is 1. The van der Waals surface area contributed by atoms with Gasteiger partial charge < -0.3 is 9.73 Å². The Balaban J connectivity index is 2.78. The maximum atomic E-state index is 5.25. The lowest BCUT2D eigenvalue weighted by Crippen LogP contribution is -2.16. The number of aromatic nitrogens is 1. The summed E-state index contributed by atoms with van der Waals surface area (Å²) in [5, 5.41) is 2.81. The van der Waals surface area contributed by atoms with E-state index < -0.39 is 8.07 Å². The van der Waals surface area contributed by atoms with Gasteiger partial charge in [-0.05, 0) is 5.92 Å². The molecule has 0 spiro atoms. The summed E-state index contributed by atoms with van der Waals surface area (Å²) in [5.74, 6) is 3.61. The van der Waals surface area contributed by atoms with Crippen LogP contribution in [0.1, 0.15) is 5.76 Å². The molecule has 0 aromatic carbocycles. The summed E-state index contributed by atoms with van der Waals surface area (Å²) in [6.45, 7) is 6.57. The summed E-state index contributed by atoms with van der Waals surface area (Å²) in [7, 11) is 0.455. The first-order chi connectivity index (χ1) is 6.01. The van der Waals surface area contributed by atoms with Gasteiger partial charge in [0.2, 0.25) is 0 Å². The molecule has 1 N–H and O–H groups in total. The van der Waals surface area contributed by atoms with E-state index in [-0.39, 0.29) is 0 Å². The van der Waals surface area contributed by atoms with Crippen molar-refractivity contribution in [1.82, 2.24) is 4.98 Å². The number of rotatable bonds is 1. The third kappa shape index (κ3) is 3.34. The molecule has 0 amide bonds. The Bertz CT molecular complexity index is 340. The van der Waals surface area contributed by atoms with Crippen LogP contribution in [0.3, 0.4) is 0 Å². The first-order valence-electron chi connectivity index (χ1n) is 4.18. The zero-order chi connectivity index (χ0) is 9.90. The Morgan fingerprint density at radius 3 is 2.62 bits per heavy atom. The van der Waals surface area contributed by atoms with Crippen LogP contribution in [0.25, 0.3) is 0 Å². The molecule has 1 rings (SSSR count). The number of hydrogen-bond acceptors (Lipinski definition) is 3. The van der Waals surface area contributed by atoms with Crippen molar-refractivity contribution >= 4 is 14.1 Å². The number of nitrogens with one attached hydrogen (secondary N) is 1. The van der Waals surface area contributed by atoms with Crippen molar-refractivity contribution in [3.05, 3.63) is 12.0 Å². The zero-order valence-corrected chi connectivity index (χ0v) is 9.43. The van der Waals surface area contributed by atoms with Gasteiger partial charge in [0.15, 0.2) is 5.76 Å². The first-order valence-corrected chi connectivity index (χ1v) is 7.68. The van der Waals surface area contributed by atoms with E-state index in [1.54, 1.807) is 13.2 Å². The van der Waals surface area contributed by atoms with Gasteiger partial charge in [0.1, 0.15) is 8.07 Å². The van der Waals surface area contributed by atoms with Crippen LogP contribution < -0.4 is 5.32 Å². The van der Waals surface area contributed by atoms with E-state index in [2.05, 4.69) is 41.4 Å². The Morgan fingerprint density at radius 1 is 1.46 bits per heavy atom. The minimum Gasteiger partial charge on any atom is -0.415 e. The maximum absolute atomic E-state index is 5.25. The van der Waals surface area contributed by atoms with E-state index in [1.807, 2.05) is 0 Å². The highest BCUT2D eigenvalue weighted by Gasteiger charge is 2.08. The van der Waals surface area contributed by atoms with Crippen LogP contribution in [0.15, 0.2) is 10.6 Å². The second kappa shape index (κ2) is 3.67. The van der Waals surface area contributed by atoms with Crippen LogP contribution in [0.2, 0.25) is 19.6 Å². The minimum absolute atomic E-state index is 0.514. The van der Waals surface area contributed by atoms with Crippen molar-refractivity contribution in [2.24, 2.45) is 0 Å². The molecule has 1 aromatic rings. The molecule has 13 heavy (non-hydrogen) atoms. The highest BCUT2D eigenvalue weighted by atomic mass is 28.3. The predicted octanol–water partition coefficient (Wildman–Crippen LogP) is 1.95. The van der Waals surface area contributed by atoms with Gasteiger partial charge >= 0.3 is 0 Å². The summed E-state index contributed by atoms with van der Waals surface area (Å²) in [6.07, 6.45) is 1.64. The molecular formula is C9H14N2OSi. The van der Waals surface area contributed by atoms with Crippen LogP contribution in [-0.2, 0) is 0 Å². The summed E-state index contributed by atoms with van der Waals surface area (Å²) in [6, 6.07) is 0.514. The fourth-order valence-corrected chi connectivity index (χ4v) is 1.19. The molecular weight excluding hydrogens is 180 g/mol. The van der Waals surface area contributed by atoms with Gasteiger partial charge in [0.05, 0.1) is 6.20 Å². The van der Waals surface area contributed by atoms with E-state index in [0.29, 0.717) is 11.8 Å². The van der Waals surface area contributed by atoms with Crippen LogP contribution >= 0.6 is 0 Å². The lowest BCUT2D eigenvalue weighted by molar-refractivity contribution is 0.563. The second-order valence-electron chi connectivity index (χ2n) is 3.78. The summed E-state index contributed by atoms with van der Waals surface area (Å²) in [4.78, 5) is 3.97. The van der Waals surface area contributed by atoms with Gasteiger partial charge in [-0.25, -0.2) is 4.98 Å². The Labute approximate surface area is 79.6 Å². The molecule has 0 fully saturated rings. The lowest BCUT2D eigenvalue weighted by Gasteiger charge is -2.02. The van der Waals surface area contributed by atoms with Crippen molar-refractivity contribution in [3.63, 3.8) is 0 Å². The van der Waals surface area contributed by atoms with Crippen LogP contribution in [0.5, 0.6) is 0 Å². The number of anilines is 1. The van der Waals surface area contributed by atoms with Gasteiger partial charge in [-0.3, -0.25) is 0 Å². The molecule has 0 saturated carbocycles. The molecule has 0 saturated heterocycles. The molecule has 3 nitrogen and oxygen atoms in total. The van der Waals surface area contributed by atoms with Crippen molar-refractivity contribution in [1.29, 1.82) is 0 Å². The fourth-order valence-electron chi connectivity index (χ4n) is 0.697. The molecule has 70 valence electrons. The van der Waals surface area contributed by atoms with Crippen molar-refractivity contribution in [2.45, 2.75) is 19.6 Å². The third-order valence-electron chi connectivity index (χ3n) is 1.28. The van der Waals surface area contributed by atoms with E-state index >= 15 is 0 Å². The Kier molecular flexibility index (Phi) is 2.78. The Morgan fingerprint density at radius 2 is 2.15 bits per heavy atom. The monoisotopic (exact) mass is 194 g/mol. The average Bonchev–Trinajstić information content (AvgIpc) is 2.47. The van der Waals surface area contributed by atoms with Crippen LogP contribution in [0, 0.1) is 11.5 Å². The van der Waals surface area contributed by atoms with Gasteiger partial charge in [-0.1, -0.05) is 19.6 Å². The molecule has 0 unspecified atom stereocenters. The van der Waals surface area contributed by atoms with E-state index in [1.165, 1.54) is 0 Å². The largest absolute Gasteiger partial charge is 0.415 e. The topological polar surface area (TPSA) is 38.1 Å². The molecule has 0 atom stereocenters. The maximum Gasteiger partial charge on any atom is 0.295 e. The zero-order valence-electron chi connectivity index (χ0n) is 8.43.